The normalized spacial score (nSPS) is 11.1. The van der Waals surface area contributed by atoms with Crippen molar-refractivity contribution in [2.75, 3.05) is 40.5 Å². The summed E-state index contributed by atoms with van der Waals surface area (Å²) in [4.78, 5) is 2.36. The van der Waals surface area contributed by atoms with E-state index in [2.05, 4.69) is 18.9 Å². The molecule has 1 aromatic rings. The molecule has 3 nitrogen and oxygen atoms in total. The minimum Gasteiger partial charge on any atom is -0.496 e. The van der Waals surface area contributed by atoms with E-state index in [9.17, 15) is 4.39 Å². The summed E-state index contributed by atoms with van der Waals surface area (Å²) in [6.45, 7) is 6.08. The van der Waals surface area contributed by atoms with Gasteiger partial charge in [0, 0.05) is 19.3 Å². The Morgan fingerprint density at radius 2 is 1.86 bits per heavy atom. The molecule has 126 valence electrons. The Labute approximate surface area is 134 Å². The molecule has 0 saturated heterocycles. The first-order valence-electron chi connectivity index (χ1n) is 8.26. The highest BCUT2D eigenvalue weighted by molar-refractivity contribution is 5.34. The summed E-state index contributed by atoms with van der Waals surface area (Å²) >= 11 is 0. The van der Waals surface area contributed by atoms with Gasteiger partial charge in [-0.3, -0.25) is 0 Å². The largest absolute Gasteiger partial charge is 0.496 e. The molecule has 1 rings (SSSR count). The van der Waals surface area contributed by atoms with Crippen molar-refractivity contribution in [3.05, 3.63) is 29.6 Å². The van der Waals surface area contributed by atoms with Gasteiger partial charge >= 0.3 is 0 Å². The number of aryl methyl sites for hydroxylation is 1. The summed E-state index contributed by atoms with van der Waals surface area (Å²) in [6.07, 6.45) is 5.27. The maximum atomic E-state index is 13.1. The molecular weight excluding hydrogens is 281 g/mol. The van der Waals surface area contributed by atoms with Crippen molar-refractivity contribution in [2.24, 2.45) is 0 Å². The first-order chi connectivity index (χ1) is 10.7. The van der Waals surface area contributed by atoms with E-state index in [4.69, 9.17) is 9.47 Å². The Balaban J connectivity index is 2.06. The van der Waals surface area contributed by atoms with E-state index in [0.29, 0.717) is 5.75 Å². The van der Waals surface area contributed by atoms with Gasteiger partial charge in [0.05, 0.1) is 7.11 Å². The molecule has 0 fully saturated rings. The standard InChI is InChI=1S/C18H30FNO2/c1-4-11-20(2)12-5-6-13-22-14-7-8-16-9-10-17(19)15-18(16)21-3/h9-10,15H,4-8,11-14H2,1-3H3. The van der Waals surface area contributed by atoms with Gasteiger partial charge in [0.25, 0.3) is 0 Å². The van der Waals surface area contributed by atoms with Crippen LogP contribution >= 0.6 is 0 Å². The van der Waals surface area contributed by atoms with Gasteiger partial charge in [0.2, 0.25) is 0 Å². The number of ether oxygens (including phenoxy) is 2. The summed E-state index contributed by atoms with van der Waals surface area (Å²) in [6, 6.07) is 4.70. The molecule has 0 amide bonds. The predicted octanol–water partition coefficient (Wildman–Crippen LogP) is 3.91. The highest BCUT2D eigenvalue weighted by Gasteiger charge is 2.04. The maximum absolute atomic E-state index is 13.1. The minimum absolute atomic E-state index is 0.259. The van der Waals surface area contributed by atoms with Gasteiger partial charge in [0.1, 0.15) is 11.6 Å². The van der Waals surface area contributed by atoms with Crippen LogP contribution in [-0.4, -0.2) is 45.4 Å². The van der Waals surface area contributed by atoms with Crippen molar-refractivity contribution < 1.29 is 13.9 Å². The second-order valence-electron chi connectivity index (χ2n) is 5.68. The molecule has 1 aromatic carbocycles. The Bertz CT molecular complexity index is 412. The van der Waals surface area contributed by atoms with Crippen molar-refractivity contribution in [2.45, 2.75) is 39.0 Å². The van der Waals surface area contributed by atoms with Crippen LogP contribution in [0.15, 0.2) is 18.2 Å². The third-order valence-electron chi connectivity index (χ3n) is 3.67. The second-order valence-corrected chi connectivity index (χ2v) is 5.68. The van der Waals surface area contributed by atoms with Crippen LogP contribution in [0.25, 0.3) is 0 Å². The van der Waals surface area contributed by atoms with Crippen LogP contribution in [0.1, 0.15) is 38.2 Å². The van der Waals surface area contributed by atoms with E-state index in [-0.39, 0.29) is 5.82 Å². The predicted molar refractivity (Wildman–Crippen MR) is 89.1 cm³/mol. The van der Waals surface area contributed by atoms with E-state index in [0.717, 1.165) is 44.6 Å². The zero-order chi connectivity index (χ0) is 16.2. The first kappa shape index (κ1) is 18.9. The van der Waals surface area contributed by atoms with Crippen molar-refractivity contribution in [1.82, 2.24) is 4.90 Å². The molecule has 4 heteroatoms. The van der Waals surface area contributed by atoms with Crippen molar-refractivity contribution in [3.8, 4) is 5.75 Å². The van der Waals surface area contributed by atoms with Gasteiger partial charge in [0.15, 0.2) is 0 Å². The smallest absolute Gasteiger partial charge is 0.126 e. The van der Waals surface area contributed by atoms with Gasteiger partial charge in [-0.25, -0.2) is 4.39 Å². The van der Waals surface area contributed by atoms with Crippen LogP contribution in [0.5, 0.6) is 5.75 Å². The molecule has 0 unspecified atom stereocenters. The van der Waals surface area contributed by atoms with Crippen LogP contribution in [0.4, 0.5) is 4.39 Å². The fraction of sp³-hybridized carbons (Fsp3) is 0.667. The second kappa shape index (κ2) is 11.4. The molecule has 22 heavy (non-hydrogen) atoms. The number of nitrogens with zero attached hydrogens (tertiary/aromatic N) is 1. The summed E-state index contributed by atoms with van der Waals surface area (Å²) in [5.74, 6) is 0.365. The van der Waals surface area contributed by atoms with Crippen LogP contribution < -0.4 is 4.74 Å². The van der Waals surface area contributed by atoms with Crippen LogP contribution in [-0.2, 0) is 11.2 Å². The van der Waals surface area contributed by atoms with Crippen molar-refractivity contribution in [1.29, 1.82) is 0 Å². The molecule has 0 heterocycles. The van der Waals surface area contributed by atoms with Gasteiger partial charge in [-0.1, -0.05) is 13.0 Å². The number of methoxy groups -OCH3 is 1. The molecule has 0 aromatic heterocycles. The molecule has 0 aliphatic heterocycles. The number of hydrogen-bond acceptors (Lipinski definition) is 3. The Hall–Kier alpha value is -1.13. The Kier molecular flexibility index (Phi) is 9.84. The summed E-state index contributed by atoms with van der Waals surface area (Å²) in [5, 5.41) is 0. The lowest BCUT2D eigenvalue weighted by atomic mass is 10.1. The molecule has 0 aliphatic carbocycles. The van der Waals surface area contributed by atoms with Crippen molar-refractivity contribution >= 4 is 0 Å². The molecule has 0 radical (unpaired) electrons. The zero-order valence-corrected chi connectivity index (χ0v) is 14.2. The van der Waals surface area contributed by atoms with Crippen LogP contribution in [0, 0.1) is 5.82 Å². The lowest BCUT2D eigenvalue weighted by Crippen LogP contribution is -2.20. The minimum atomic E-state index is -0.259. The quantitative estimate of drug-likeness (QED) is 0.546. The van der Waals surface area contributed by atoms with E-state index in [1.54, 1.807) is 13.2 Å². The highest BCUT2D eigenvalue weighted by Crippen LogP contribution is 2.20. The van der Waals surface area contributed by atoms with Crippen LogP contribution in [0.3, 0.4) is 0 Å². The average Bonchev–Trinajstić information content (AvgIpc) is 2.51. The third kappa shape index (κ3) is 7.76. The molecular formula is C18H30FNO2. The molecule has 0 spiro atoms. The first-order valence-corrected chi connectivity index (χ1v) is 8.26. The van der Waals surface area contributed by atoms with Gasteiger partial charge in [-0.15, -0.1) is 0 Å². The SMILES string of the molecule is CCCN(C)CCCCOCCCc1ccc(F)cc1OC. The maximum Gasteiger partial charge on any atom is 0.126 e. The van der Waals surface area contributed by atoms with Crippen LogP contribution in [0.2, 0.25) is 0 Å². The highest BCUT2D eigenvalue weighted by atomic mass is 19.1. The Morgan fingerprint density at radius 1 is 1.09 bits per heavy atom. The summed E-state index contributed by atoms with van der Waals surface area (Å²) in [5.41, 5.74) is 1.04. The molecule has 0 N–H and O–H groups in total. The fourth-order valence-electron chi connectivity index (χ4n) is 2.47. The van der Waals surface area contributed by atoms with E-state index < -0.39 is 0 Å². The fourth-order valence-corrected chi connectivity index (χ4v) is 2.47. The topological polar surface area (TPSA) is 21.7 Å². The molecule has 0 bridgehead atoms. The number of benzene rings is 1. The summed E-state index contributed by atoms with van der Waals surface area (Å²) < 4.78 is 23.9. The van der Waals surface area contributed by atoms with E-state index >= 15 is 0 Å². The number of hydrogen-bond donors (Lipinski definition) is 0. The van der Waals surface area contributed by atoms with Gasteiger partial charge in [-0.2, -0.15) is 0 Å². The lowest BCUT2D eigenvalue weighted by molar-refractivity contribution is 0.125. The molecule has 0 saturated carbocycles. The number of unbranched alkanes of at least 4 members (excludes halogenated alkanes) is 1. The molecule has 0 aliphatic rings. The van der Waals surface area contributed by atoms with Gasteiger partial charge < -0.3 is 14.4 Å². The number of rotatable bonds is 12. The Morgan fingerprint density at radius 3 is 2.59 bits per heavy atom. The third-order valence-corrected chi connectivity index (χ3v) is 3.67. The summed E-state index contributed by atoms with van der Waals surface area (Å²) in [7, 11) is 3.74. The van der Waals surface area contributed by atoms with Gasteiger partial charge in [-0.05, 0) is 63.9 Å². The average molecular weight is 311 g/mol. The van der Waals surface area contributed by atoms with E-state index in [1.165, 1.54) is 31.5 Å². The van der Waals surface area contributed by atoms with E-state index in [1.807, 2.05) is 0 Å². The monoisotopic (exact) mass is 311 g/mol. The van der Waals surface area contributed by atoms with Crippen molar-refractivity contribution in [3.63, 3.8) is 0 Å². The zero-order valence-electron chi connectivity index (χ0n) is 14.2. The molecule has 0 atom stereocenters. The number of halogens is 1. The lowest BCUT2D eigenvalue weighted by Gasteiger charge is -2.14.